The van der Waals surface area contributed by atoms with Gasteiger partial charge in [0.15, 0.2) is 0 Å². The Balaban J connectivity index is 1.32. The molecule has 0 spiro atoms. The van der Waals surface area contributed by atoms with Crippen LogP contribution in [0.25, 0.3) is 33.9 Å². The molecule has 8 heteroatoms. The zero-order valence-electron chi connectivity index (χ0n) is 18.6. The number of ether oxygens (including phenoxy) is 2. The lowest BCUT2D eigenvalue weighted by Crippen LogP contribution is -2.03. The third kappa shape index (κ3) is 4.21. The second kappa shape index (κ2) is 9.11. The first-order chi connectivity index (χ1) is 16.6. The van der Waals surface area contributed by atoms with Crippen LogP contribution in [0.15, 0.2) is 77.2 Å². The molecule has 5 rings (SSSR count). The molecular formula is C26H20N4O4. The molecule has 0 atom stereocenters. The summed E-state index contributed by atoms with van der Waals surface area (Å²) in [5.41, 5.74) is 4.95. The van der Waals surface area contributed by atoms with Crippen molar-refractivity contribution >= 4 is 17.0 Å². The summed E-state index contributed by atoms with van der Waals surface area (Å²) in [4.78, 5) is 21.1. The van der Waals surface area contributed by atoms with Gasteiger partial charge in [-0.05, 0) is 48.9 Å². The van der Waals surface area contributed by atoms with Gasteiger partial charge in [0, 0.05) is 5.56 Å². The van der Waals surface area contributed by atoms with Gasteiger partial charge in [-0.2, -0.15) is 0 Å². The number of carbonyl (C=O) groups excluding carboxylic acids is 1. The van der Waals surface area contributed by atoms with Gasteiger partial charge in [-0.15, -0.1) is 10.2 Å². The number of nitrogens with zero attached hydrogens (tertiary/aromatic N) is 4. The molecule has 0 radical (unpaired) electrons. The van der Waals surface area contributed by atoms with E-state index in [4.69, 9.17) is 13.9 Å². The molecule has 0 saturated carbocycles. The summed E-state index contributed by atoms with van der Waals surface area (Å²) in [5.74, 6) is 0.631. The molecule has 0 bridgehead atoms. The highest BCUT2D eigenvalue weighted by atomic mass is 16.5. The van der Waals surface area contributed by atoms with Gasteiger partial charge < -0.3 is 13.9 Å². The molecular weight excluding hydrogens is 432 g/mol. The van der Waals surface area contributed by atoms with Crippen LogP contribution in [0, 0.1) is 6.92 Å². The molecule has 0 N–H and O–H groups in total. The lowest BCUT2D eigenvalue weighted by atomic mass is 10.1. The Morgan fingerprint density at radius 3 is 2.29 bits per heavy atom. The van der Waals surface area contributed by atoms with Crippen molar-refractivity contribution in [3.05, 3.63) is 89.6 Å². The fourth-order valence-electron chi connectivity index (χ4n) is 3.51. The molecule has 0 aliphatic carbocycles. The molecule has 5 aromatic rings. The van der Waals surface area contributed by atoms with Crippen LogP contribution in [0.3, 0.4) is 0 Å². The summed E-state index contributed by atoms with van der Waals surface area (Å²) >= 11 is 0. The summed E-state index contributed by atoms with van der Waals surface area (Å²) in [7, 11) is 1.33. The Morgan fingerprint density at radius 2 is 1.53 bits per heavy atom. The first-order valence-corrected chi connectivity index (χ1v) is 10.6. The Labute approximate surface area is 195 Å². The summed E-state index contributed by atoms with van der Waals surface area (Å²) in [6.07, 6.45) is 0. The Morgan fingerprint density at radius 1 is 0.853 bits per heavy atom. The molecule has 2 aromatic heterocycles. The highest BCUT2D eigenvalue weighted by molar-refractivity contribution is 5.96. The second-order valence-corrected chi connectivity index (χ2v) is 7.54. The monoisotopic (exact) mass is 452 g/mol. The number of methoxy groups -OCH3 is 1. The lowest BCUT2D eigenvalue weighted by molar-refractivity contribution is 0.0601. The minimum absolute atomic E-state index is 0.244. The summed E-state index contributed by atoms with van der Waals surface area (Å²) in [6.45, 7) is 2.22. The first kappa shape index (κ1) is 21.3. The van der Waals surface area contributed by atoms with Crippen molar-refractivity contribution in [1.82, 2.24) is 20.2 Å². The molecule has 168 valence electrons. The summed E-state index contributed by atoms with van der Waals surface area (Å²) < 4.78 is 16.6. The van der Waals surface area contributed by atoms with E-state index in [2.05, 4.69) is 20.2 Å². The van der Waals surface area contributed by atoms with E-state index in [1.54, 1.807) is 24.3 Å². The number of fused-ring (bicyclic) bond motifs is 1. The van der Waals surface area contributed by atoms with Crippen molar-refractivity contribution < 1.29 is 18.7 Å². The third-order valence-corrected chi connectivity index (χ3v) is 5.27. The van der Waals surface area contributed by atoms with Crippen molar-refractivity contribution in [3.8, 4) is 28.8 Å². The van der Waals surface area contributed by atoms with Gasteiger partial charge in [0.05, 0.1) is 29.3 Å². The van der Waals surface area contributed by atoms with Gasteiger partial charge in [-0.1, -0.05) is 36.4 Å². The molecule has 0 saturated heterocycles. The van der Waals surface area contributed by atoms with Crippen LogP contribution >= 0.6 is 0 Å². The van der Waals surface area contributed by atoms with E-state index in [1.165, 1.54) is 7.11 Å². The number of carbonyl (C=O) groups is 1. The maximum Gasteiger partial charge on any atom is 0.338 e. The van der Waals surface area contributed by atoms with Crippen molar-refractivity contribution in [2.45, 2.75) is 13.5 Å². The van der Waals surface area contributed by atoms with Crippen LogP contribution in [-0.4, -0.2) is 33.2 Å². The number of aromatic nitrogens is 4. The molecule has 34 heavy (non-hydrogen) atoms. The number of aryl methyl sites for hydroxylation is 1. The van der Waals surface area contributed by atoms with Crippen LogP contribution in [0.4, 0.5) is 0 Å². The van der Waals surface area contributed by atoms with E-state index in [-0.39, 0.29) is 5.89 Å². The average molecular weight is 452 g/mol. The van der Waals surface area contributed by atoms with Crippen LogP contribution in [-0.2, 0) is 11.3 Å². The van der Waals surface area contributed by atoms with E-state index in [0.29, 0.717) is 29.5 Å². The number of benzene rings is 3. The molecule has 0 amide bonds. The van der Waals surface area contributed by atoms with Gasteiger partial charge in [0.25, 0.3) is 0 Å². The fraction of sp³-hybridized carbons (Fsp3) is 0.115. The first-order valence-electron chi connectivity index (χ1n) is 10.6. The largest absolute Gasteiger partial charge is 0.471 e. The normalized spacial score (nSPS) is 10.9. The molecule has 0 unspecified atom stereocenters. The number of rotatable bonds is 6. The van der Waals surface area contributed by atoms with E-state index in [9.17, 15) is 4.79 Å². The van der Waals surface area contributed by atoms with Crippen LogP contribution in [0.5, 0.6) is 5.88 Å². The van der Waals surface area contributed by atoms with Gasteiger partial charge in [-0.3, -0.25) is 0 Å². The average Bonchev–Trinajstić information content (AvgIpc) is 3.37. The molecule has 0 aliphatic heterocycles. The minimum Gasteiger partial charge on any atom is -0.471 e. The number of esters is 1. The van der Waals surface area contributed by atoms with Crippen molar-refractivity contribution in [3.63, 3.8) is 0 Å². The van der Waals surface area contributed by atoms with Crippen molar-refractivity contribution in [2.75, 3.05) is 7.11 Å². The van der Waals surface area contributed by atoms with Gasteiger partial charge in [0.1, 0.15) is 12.3 Å². The molecule has 0 aliphatic rings. The topological polar surface area (TPSA) is 100 Å². The maximum atomic E-state index is 12.0. The van der Waals surface area contributed by atoms with E-state index in [0.717, 1.165) is 27.9 Å². The zero-order valence-corrected chi connectivity index (χ0v) is 18.6. The summed E-state index contributed by atoms with van der Waals surface area (Å²) in [5, 5.41) is 8.24. The lowest BCUT2D eigenvalue weighted by Gasteiger charge is -2.09. The van der Waals surface area contributed by atoms with Crippen LogP contribution in [0.1, 0.15) is 21.6 Å². The SMILES string of the molecule is COC(=O)c1ccccc1-c1nnc(-c2ccc(COc3nc4ccccc4nc3C)cc2)o1. The molecule has 2 heterocycles. The van der Waals surface area contributed by atoms with Crippen molar-refractivity contribution in [1.29, 1.82) is 0 Å². The van der Waals surface area contributed by atoms with Gasteiger partial charge in [0.2, 0.25) is 17.7 Å². The molecule has 8 nitrogen and oxygen atoms in total. The third-order valence-electron chi connectivity index (χ3n) is 5.27. The maximum absolute atomic E-state index is 12.0. The van der Waals surface area contributed by atoms with E-state index < -0.39 is 5.97 Å². The number of hydrogen-bond donors (Lipinski definition) is 0. The van der Waals surface area contributed by atoms with Crippen LogP contribution < -0.4 is 4.74 Å². The smallest absolute Gasteiger partial charge is 0.338 e. The second-order valence-electron chi connectivity index (χ2n) is 7.54. The molecule has 3 aromatic carbocycles. The number of hydrogen-bond acceptors (Lipinski definition) is 8. The Bertz CT molecular complexity index is 1480. The van der Waals surface area contributed by atoms with Gasteiger partial charge in [-0.25, -0.2) is 14.8 Å². The Hall–Kier alpha value is -4.59. The minimum atomic E-state index is -0.467. The highest BCUT2D eigenvalue weighted by Crippen LogP contribution is 2.27. The molecule has 0 fully saturated rings. The quantitative estimate of drug-likeness (QED) is 0.331. The predicted molar refractivity (Wildman–Crippen MR) is 125 cm³/mol. The number of para-hydroxylation sites is 2. The standard InChI is InChI=1S/C26H20N4O4/c1-16-23(28-22-10-6-5-9-21(22)27-16)33-15-17-11-13-18(14-12-17)24-29-30-25(34-24)19-7-3-4-8-20(19)26(31)32-2/h3-14H,15H2,1-2H3. The van der Waals surface area contributed by atoms with E-state index >= 15 is 0 Å². The van der Waals surface area contributed by atoms with Crippen molar-refractivity contribution in [2.24, 2.45) is 0 Å². The summed E-state index contributed by atoms with van der Waals surface area (Å²) in [6, 6.07) is 22.2. The van der Waals surface area contributed by atoms with Crippen LogP contribution in [0.2, 0.25) is 0 Å². The zero-order chi connectivity index (χ0) is 23.5. The highest BCUT2D eigenvalue weighted by Gasteiger charge is 2.18. The van der Waals surface area contributed by atoms with E-state index in [1.807, 2.05) is 55.5 Å². The fourth-order valence-corrected chi connectivity index (χ4v) is 3.51. The Kier molecular flexibility index (Phi) is 5.70. The van der Waals surface area contributed by atoms with Gasteiger partial charge >= 0.3 is 5.97 Å². The predicted octanol–water partition coefficient (Wildman–Crippen LogP) is 5.02.